The molecule has 0 bridgehead atoms. The fourth-order valence-corrected chi connectivity index (χ4v) is 2.59. The summed E-state index contributed by atoms with van der Waals surface area (Å²) in [6, 6.07) is 9.90. The van der Waals surface area contributed by atoms with Crippen molar-refractivity contribution in [1.82, 2.24) is 10.3 Å². The highest BCUT2D eigenvalue weighted by Gasteiger charge is 2.13. The van der Waals surface area contributed by atoms with Gasteiger partial charge >= 0.3 is 0 Å². The molecule has 0 aliphatic rings. The number of nitrogens with one attached hydrogen (secondary N) is 2. The van der Waals surface area contributed by atoms with E-state index in [1.54, 1.807) is 0 Å². The van der Waals surface area contributed by atoms with Gasteiger partial charge in [0, 0.05) is 18.5 Å². The van der Waals surface area contributed by atoms with Crippen molar-refractivity contribution in [2.24, 2.45) is 0 Å². The van der Waals surface area contributed by atoms with Crippen LogP contribution in [0.25, 0.3) is 11.3 Å². The molecule has 2 rings (SSSR count). The number of hydrogen-bond acceptors (Lipinski definition) is 4. The van der Waals surface area contributed by atoms with E-state index in [0.29, 0.717) is 13.0 Å². The second kappa shape index (κ2) is 6.45. The van der Waals surface area contributed by atoms with Crippen LogP contribution in [0.5, 0.6) is 0 Å². The molecule has 100 valence electrons. The smallest absolute Gasteiger partial charge is 0.226 e. The summed E-state index contributed by atoms with van der Waals surface area (Å²) in [5, 5.41) is 7.68. The average Bonchev–Trinajstić information content (AvgIpc) is 2.78. The Morgan fingerprint density at radius 1 is 1.32 bits per heavy atom. The summed E-state index contributed by atoms with van der Waals surface area (Å²) in [5.74, 6) is 0.00943. The van der Waals surface area contributed by atoms with Crippen molar-refractivity contribution >= 4 is 22.2 Å². The number of thiazole rings is 1. The fourth-order valence-electron chi connectivity index (χ4n) is 1.73. The van der Waals surface area contributed by atoms with Gasteiger partial charge in [0.1, 0.15) is 10.7 Å². The van der Waals surface area contributed by atoms with Gasteiger partial charge in [-0.25, -0.2) is 4.98 Å². The number of aromatic nitrogens is 1. The van der Waals surface area contributed by atoms with Crippen LogP contribution in [-0.4, -0.2) is 24.5 Å². The zero-order chi connectivity index (χ0) is 13.7. The van der Waals surface area contributed by atoms with E-state index in [1.807, 2.05) is 44.3 Å². The number of benzene rings is 1. The van der Waals surface area contributed by atoms with E-state index in [9.17, 15) is 4.79 Å². The van der Waals surface area contributed by atoms with Crippen LogP contribution in [0.2, 0.25) is 0 Å². The zero-order valence-electron chi connectivity index (χ0n) is 11.1. The number of hydrogen-bond donors (Lipinski definition) is 2. The van der Waals surface area contributed by atoms with Gasteiger partial charge in [-0.05, 0) is 14.0 Å². The van der Waals surface area contributed by atoms with Crippen molar-refractivity contribution in [3.05, 3.63) is 35.3 Å². The molecular weight excluding hydrogens is 258 g/mol. The summed E-state index contributed by atoms with van der Waals surface area (Å²) in [7, 11) is 1.83. The van der Waals surface area contributed by atoms with Crippen molar-refractivity contribution < 1.29 is 4.79 Å². The minimum Gasteiger partial charge on any atom is -0.319 e. The molecule has 19 heavy (non-hydrogen) atoms. The minimum atomic E-state index is 0.00943. The Labute approximate surface area is 116 Å². The quantitative estimate of drug-likeness (QED) is 0.882. The van der Waals surface area contributed by atoms with E-state index in [-0.39, 0.29) is 5.91 Å². The molecular formula is C14H17N3OS. The number of rotatable bonds is 5. The number of anilines is 1. The fraction of sp³-hybridized carbons (Fsp3) is 0.286. The van der Waals surface area contributed by atoms with E-state index in [4.69, 9.17) is 0 Å². The van der Waals surface area contributed by atoms with Gasteiger partial charge in [0.2, 0.25) is 5.91 Å². The second-order valence-corrected chi connectivity index (χ2v) is 5.38. The first-order chi connectivity index (χ1) is 9.20. The topological polar surface area (TPSA) is 54.0 Å². The normalized spacial score (nSPS) is 10.4. The summed E-state index contributed by atoms with van der Waals surface area (Å²) >= 11 is 1.51. The van der Waals surface area contributed by atoms with E-state index in [2.05, 4.69) is 15.6 Å². The van der Waals surface area contributed by atoms with Gasteiger partial charge in [-0.3, -0.25) is 4.79 Å². The lowest BCUT2D eigenvalue weighted by molar-refractivity contribution is -0.116. The number of aryl methyl sites for hydroxylation is 1. The maximum absolute atomic E-state index is 11.8. The first-order valence-corrected chi connectivity index (χ1v) is 6.99. The van der Waals surface area contributed by atoms with Gasteiger partial charge in [0.25, 0.3) is 0 Å². The highest BCUT2D eigenvalue weighted by Crippen LogP contribution is 2.32. The molecule has 2 aromatic rings. The number of nitrogens with zero attached hydrogens (tertiary/aromatic N) is 1. The minimum absolute atomic E-state index is 0.00943. The Morgan fingerprint density at radius 3 is 2.74 bits per heavy atom. The van der Waals surface area contributed by atoms with E-state index < -0.39 is 0 Å². The highest BCUT2D eigenvalue weighted by atomic mass is 32.1. The van der Waals surface area contributed by atoms with Crippen LogP contribution in [0, 0.1) is 6.92 Å². The molecule has 0 aliphatic heterocycles. The molecule has 1 amide bonds. The summed E-state index contributed by atoms with van der Waals surface area (Å²) in [5.41, 5.74) is 1.87. The van der Waals surface area contributed by atoms with Crippen LogP contribution in [0.1, 0.15) is 11.4 Å². The first-order valence-electron chi connectivity index (χ1n) is 6.18. The maximum Gasteiger partial charge on any atom is 0.226 e. The average molecular weight is 275 g/mol. The third-order valence-electron chi connectivity index (χ3n) is 2.64. The van der Waals surface area contributed by atoms with Gasteiger partial charge in [-0.15, -0.1) is 11.3 Å². The van der Waals surface area contributed by atoms with Crippen LogP contribution < -0.4 is 10.6 Å². The monoisotopic (exact) mass is 275 g/mol. The molecule has 0 atom stereocenters. The van der Waals surface area contributed by atoms with E-state index in [0.717, 1.165) is 21.3 Å². The van der Waals surface area contributed by atoms with Gasteiger partial charge in [0.15, 0.2) is 0 Å². The number of carbonyl (C=O) groups excluding carboxylic acids is 1. The molecule has 5 heteroatoms. The molecule has 1 heterocycles. The molecule has 0 aliphatic carbocycles. The van der Waals surface area contributed by atoms with Crippen LogP contribution >= 0.6 is 11.3 Å². The second-order valence-electron chi connectivity index (χ2n) is 4.18. The molecule has 0 saturated heterocycles. The Kier molecular flexibility index (Phi) is 4.65. The van der Waals surface area contributed by atoms with Crippen LogP contribution in [0.15, 0.2) is 30.3 Å². The lowest BCUT2D eigenvalue weighted by atomic mass is 10.1. The van der Waals surface area contributed by atoms with Gasteiger partial charge in [-0.1, -0.05) is 30.3 Å². The third-order valence-corrected chi connectivity index (χ3v) is 3.52. The predicted molar refractivity (Wildman–Crippen MR) is 79.5 cm³/mol. The Balaban J connectivity index is 2.20. The summed E-state index contributed by atoms with van der Waals surface area (Å²) in [6.07, 6.45) is 0.460. The van der Waals surface area contributed by atoms with Gasteiger partial charge in [-0.2, -0.15) is 0 Å². The largest absolute Gasteiger partial charge is 0.319 e. The molecule has 2 N–H and O–H groups in total. The van der Waals surface area contributed by atoms with Crippen LogP contribution in [-0.2, 0) is 4.79 Å². The lowest BCUT2D eigenvalue weighted by Crippen LogP contribution is -2.18. The van der Waals surface area contributed by atoms with E-state index in [1.165, 1.54) is 11.3 Å². The van der Waals surface area contributed by atoms with E-state index >= 15 is 0 Å². The molecule has 0 radical (unpaired) electrons. The summed E-state index contributed by atoms with van der Waals surface area (Å²) < 4.78 is 0. The highest BCUT2D eigenvalue weighted by molar-refractivity contribution is 7.16. The van der Waals surface area contributed by atoms with Gasteiger partial charge in [0.05, 0.1) is 5.01 Å². The molecule has 1 aromatic heterocycles. The molecule has 0 fully saturated rings. The van der Waals surface area contributed by atoms with Crippen molar-refractivity contribution in [3.8, 4) is 11.3 Å². The zero-order valence-corrected chi connectivity index (χ0v) is 11.9. The Morgan fingerprint density at radius 2 is 2.05 bits per heavy atom. The van der Waals surface area contributed by atoms with Crippen molar-refractivity contribution in [3.63, 3.8) is 0 Å². The summed E-state index contributed by atoms with van der Waals surface area (Å²) in [6.45, 7) is 2.62. The molecule has 0 spiro atoms. The molecule has 0 saturated carbocycles. The SMILES string of the molecule is CNCCC(=O)Nc1sc(C)nc1-c1ccccc1. The Bertz CT molecular complexity index is 551. The standard InChI is InChI=1S/C14H17N3OS/c1-10-16-13(11-6-4-3-5-7-11)14(19-10)17-12(18)8-9-15-2/h3-7,15H,8-9H2,1-2H3,(H,17,18). The predicted octanol–water partition coefficient (Wildman–Crippen LogP) is 2.67. The van der Waals surface area contributed by atoms with Crippen LogP contribution in [0.3, 0.4) is 0 Å². The first kappa shape index (κ1) is 13.7. The third kappa shape index (κ3) is 3.62. The molecule has 4 nitrogen and oxygen atoms in total. The van der Waals surface area contributed by atoms with Crippen LogP contribution in [0.4, 0.5) is 5.00 Å². The van der Waals surface area contributed by atoms with Crippen molar-refractivity contribution in [2.75, 3.05) is 18.9 Å². The molecule has 0 unspecified atom stereocenters. The van der Waals surface area contributed by atoms with Gasteiger partial charge < -0.3 is 10.6 Å². The number of carbonyl (C=O) groups is 1. The molecule has 1 aromatic carbocycles. The maximum atomic E-state index is 11.8. The summed E-state index contributed by atoms with van der Waals surface area (Å²) in [4.78, 5) is 16.3. The lowest BCUT2D eigenvalue weighted by Gasteiger charge is -2.05. The Hall–Kier alpha value is -1.72. The van der Waals surface area contributed by atoms with Crippen molar-refractivity contribution in [2.45, 2.75) is 13.3 Å². The number of amides is 1. The van der Waals surface area contributed by atoms with Crippen molar-refractivity contribution in [1.29, 1.82) is 0 Å².